The van der Waals surface area contributed by atoms with E-state index in [0.29, 0.717) is 5.56 Å². The summed E-state index contributed by atoms with van der Waals surface area (Å²) in [6, 6.07) is 5.38. The average Bonchev–Trinajstić information content (AvgIpc) is 2.70. The van der Waals surface area contributed by atoms with Crippen LogP contribution in [0.25, 0.3) is 17.0 Å². The molecule has 0 saturated heterocycles. The van der Waals surface area contributed by atoms with E-state index < -0.39 is 0 Å². The van der Waals surface area contributed by atoms with Gasteiger partial charge in [-0.3, -0.25) is 0 Å². The number of H-pyrrole nitrogens is 1. The number of benzene rings is 1. The molecule has 0 atom stereocenters. The standard InChI is InChI=1S/C13H14N2O2/c1-8(14)5-10-7-15-12-4-3-9(6-11(10)12)13(16)17-2/h3-7,15H,14H2,1-2H3/b8-5+. The lowest BCUT2D eigenvalue weighted by Crippen LogP contribution is -2.00. The largest absolute Gasteiger partial charge is 0.465 e. The maximum Gasteiger partial charge on any atom is 0.337 e. The Kier molecular flexibility index (Phi) is 2.87. The first-order chi connectivity index (χ1) is 8.11. The van der Waals surface area contributed by atoms with Crippen LogP contribution in [0.15, 0.2) is 30.1 Å². The summed E-state index contributed by atoms with van der Waals surface area (Å²) in [5.74, 6) is -0.340. The molecule has 0 fully saturated rings. The summed E-state index contributed by atoms with van der Waals surface area (Å²) in [6.07, 6.45) is 3.72. The third kappa shape index (κ3) is 2.15. The van der Waals surface area contributed by atoms with Crippen molar-refractivity contribution in [3.05, 3.63) is 41.2 Å². The highest BCUT2D eigenvalue weighted by atomic mass is 16.5. The van der Waals surface area contributed by atoms with E-state index in [2.05, 4.69) is 4.98 Å². The molecular formula is C13H14N2O2. The lowest BCUT2D eigenvalue weighted by atomic mass is 10.1. The molecule has 0 unspecified atom stereocenters. The molecule has 0 amide bonds. The van der Waals surface area contributed by atoms with Crippen LogP contribution in [-0.4, -0.2) is 18.1 Å². The summed E-state index contributed by atoms with van der Waals surface area (Å²) in [6.45, 7) is 1.82. The summed E-state index contributed by atoms with van der Waals surface area (Å²) < 4.78 is 4.69. The van der Waals surface area contributed by atoms with Gasteiger partial charge in [-0.1, -0.05) is 0 Å². The van der Waals surface area contributed by atoms with Gasteiger partial charge >= 0.3 is 5.97 Å². The predicted octanol–water partition coefficient (Wildman–Crippen LogP) is 2.27. The summed E-state index contributed by atoms with van der Waals surface area (Å²) in [5, 5.41) is 0.956. The van der Waals surface area contributed by atoms with Crippen LogP contribution >= 0.6 is 0 Å². The van der Waals surface area contributed by atoms with Gasteiger partial charge in [-0.05, 0) is 31.2 Å². The highest BCUT2D eigenvalue weighted by Gasteiger charge is 2.08. The summed E-state index contributed by atoms with van der Waals surface area (Å²) in [7, 11) is 1.37. The number of carbonyl (C=O) groups is 1. The third-order valence-corrected chi connectivity index (χ3v) is 2.52. The number of nitrogens with one attached hydrogen (secondary N) is 1. The van der Waals surface area contributed by atoms with Gasteiger partial charge in [0.2, 0.25) is 0 Å². The van der Waals surface area contributed by atoms with Gasteiger partial charge in [0.25, 0.3) is 0 Å². The van der Waals surface area contributed by atoms with Crippen LogP contribution in [0.5, 0.6) is 0 Å². The number of methoxy groups -OCH3 is 1. The number of rotatable bonds is 2. The van der Waals surface area contributed by atoms with E-state index in [9.17, 15) is 4.79 Å². The monoisotopic (exact) mass is 230 g/mol. The summed E-state index contributed by atoms with van der Waals surface area (Å²) in [5.41, 5.74) is 8.83. The minimum absolute atomic E-state index is 0.340. The first-order valence-corrected chi connectivity index (χ1v) is 5.25. The molecule has 0 saturated carbocycles. The molecular weight excluding hydrogens is 216 g/mol. The molecule has 4 heteroatoms. The maximum absolute atomic E-state index is 11.4. The molecule has 2 rings (SSSR count). The van der Waals surface area contributed by atoms with E-state index in [1.807, 2.05) is 25.3 Å². The number of fused-ring (bicyclic) bond motifs is 1. The first-order valence-electron chi connectivity index (χ1n) is 5.25. The van der Waals surface area contributed by atoms with Crippen LogP contribution in [-0.2, 0) is 4.74 Å². The second kappa shape index (κ2) is 4.33. The maximum atomic E-state index is 11.4. The molecule has 0 spiro atoms. The zero-order valence-electron chi connectivity index (χ0n) is 9.78. The van der Waals surface area contributed by atoms with Crippen molar-refractivity contribution in [2.24, 2.45) is 5.73 Å². The molecule has 0 radical (unpaired) electrons. The van der Waals surface area contributed by atoms with Gasteiger partial charge in [-0.25, -0.2) is 4.79 Å². The van der Waals surface area contributed by atoms with Gasteiger partial charge in [0.15, 0.2) is 0 Å². The fourth-order valence-electron chi connectivity index (χ4n) is 1.75. The molecule has 0 aliphatic heterocycles. The molecule has 1 aromatic carbocycles. The fourth-order valence-corrected chi connectivity index (χ4v) is 1.75. The first kappa shape index (κ1) is 11.3. The molecule has 0 aliphatic rings. The van der Waals surface area contributed by atoms with Crippen LogP contribution in [0, 0.1) is 0 Å². The Morgan fingerprint density at radius 1 is 1.47 bits per heavy atom. The number of ether oxygens (including phenoxy) is 1. The lowest BCUT2D eigenvalue weighted by molar-refractivity contribution is 0.0601. The molecule has 88 valence electrons. The van der Waals surface area contributed by atoms with Crippen molar-refractivity contribution in [2.75, 3.05) is 7.11 Å². The summed E-state index contributed by atoms with van der Waals surface area (Å²) in [4.78, 5) is 14.6. The van der Waals surface area contributed by atoms with Gasteiger partial charge in [-0.2, -0.15) is 0 Å². The topological polar surface area (TPSA) is 68.1 Å². The van der Waals surface area contributed by atoms with E-state index in [-0.39, 0.29) is 5.97 Å². The van der Waals surface area contributed by atoms with Gasteiger partial charge in [0.1, 0.15) is 0 Å². The second-order valence-corrected chi connectivity index (χ2v) is 3.88. The number of esters is 1. The highest BCUT2D eigenvalue weighted by Crippen LogP contribution is 2.21. The number of nitrogens with two attached hydrogens (primary N) is 1. The zero-order valence-corrected chi connectivity index (χ0v) is 9.78. The van der Waals surface area contributed by atoms with Gasteiger partial charge in [0.05, 0.1) is 12.7 Å². The average molecular weight is 230 g/mol. The number of aromatic amines is 1. The Morgan fingerprint density at radius 2 is 2.24 bits per heavy atom. The Hall–Kier alpha value is -2.23. The number of aromatic nitrogens is 1. The number of allylic oxidation sites excluding steroid dienone is 1. The molecule has 1 aromatic heterocycles. The van der Waals surface area contributed by atoms with E-state index in [0.717, 1.165) is 22.2 Å². The van der Waals surface area contributed by atoms with E-state index in [1.165, 1.54) is 7.11 Å². The second-order valence-electron chi connectivity index (χ2n) is 3.88. The molecule has 0 aliphatic carbocycles. The van der Waals surface area contributed by atoms with Crippen molar-refractivity contribution in [2.45, 2.75) is 6.92 Å². The molecule has 1 heterocycles. The van der Waals surface area contributed by atoms with E-state index in [1.54, 1.807) is 12.1 Å². The lowest BCUT2D eigenvalue weighted by Gasteiger charge is -2.00. The van der Waals surface area contributed by atoms with Crippen molar-refractivity contribution >= 4 is 22.9 Å². The van der Waals surface area contributed by atoms with Crippen LogP contribution in [0.2, 0.25) is 0 Å². The number of carbonyl (C=O) groups excluding carboxylic acids is 1. The summed E-state index contributed by atoms with van der Waals surface area (Å²) >= 11 is 0. The van der Waals surface area contributed by atoms with Crippen LogP contribution in [0.4, 0.5) is 0 Å². The van der Waals surface area contributed by atoms with Crippen molar-refractivity contribution in [1.29, 1.82) is 0 Å². The van der Waals surface area contributed by atoms with E-state index >= 15 is 0 Å². The smallest absolute Gasteiger partial charge is 0.337 e. The SMILES string of the molecule is COC(=O)c1ccc2[nH]cc(/C=C(\C)N)c2c1. The Balaban J connectivity index is 2.58. The quantitative estimate of drug-likeness (QED) is 0.777. The zero-order chi connectivity index (χ0) is 12.4. The number of hydrogen-bond acceptors (Lipinski definition) is 3. The van der Waals surface area contributed by atoms with Crippen molar-refractivity contribution in [3.63, 3.8) is 0 Å². The Labute approximate surface area is 99.1 Å². The van der Waals surface area contributed by atoms with Gasteiger partial charge in [0, 0.05) is 28.4 Å². The minimum atomic E-state index is -0.340. The highest BCUT2D eigenvalue weighted by molar-refractivity contribution is 5.97. The van der Waals surface area contributed by atoms with Crippen molar-refractivity contribution in [3.8, 4) is 0 Å². The number of hydrogen-bond donors (Lipinski definition) is 2. The Morgan fingerprint density at radius 3 is 2.88 bits per heavy atom. The minimum Gasteiger partial charge on any atom is -0.465 e. The van der Waals surface area contributed by atoms with Gasteiger partial charge < -0.3 is 15.5 Å². The Bertz CT molecular complexity index is 592. The normalized spacial score (nSPS) is 11.8. The van der Waals surface area contributed by atoms with Crippen molar-refractivity contribution < 1.29 is 9.53 Å². The molecule has 17 heavy (non-hydrogen) atoms. The van der Waals surface area contributed by atoms with Crippen LogP contribution in [0.1, 0.15) is 22.8 Å². The molecule has 2 aromatic rings. The van der Waals surface area contributed by atoms with Gasteiger partial charge in [-0.15, -0.1) is 0 Å². The molecule has 3 N–H and O–H groups in total. The van der Waals surface area contributed by atoms with Crippen LogP contribution < -0.4 is 5.73 Å². The fraction of sp³-hybridized carbons (Fsp3) is 0.154. The van der Waals surface area contributed by atoms with Crippen molar-refractivity contribution in [1.82, 2.24) is 4.98 Å². The van der Waals surface area contributed by atoms with E-state index in [4.69, 9.17) is 10.5 Å². The van der Waals surface area contributed by atoms with Crippen LogP contribution in [0.3, 0.4) is 0 Å². The molecule has 4 nitrogen and oxygen atoms in total. The molecule has 0 bridgehead atoms. The third-order valence-electron chi connectivity index (χ3n) is 2.52. The predicted molar refractivity (Wildman–Crippen MR) is 67.5 cm³/mol.